The maximum atomic E-state index is 12.8. The molecule has 10 heteroatoms. The zero-order chi connectivity index (χ0) is 20.3. The summed E-state index contributed by atoms with van der Waals surface area (Å²) >= 11 is 7.25. The minimum absolute atomic E-state index is 0.0471. The first-order chi connectivity index (χ1) is 13.2. The molecule has 1 aromatic heterocycles. The highest BCUT2D eigenvalue weighted by Gasteiger charge is 2.30. The van der Waals surface area contributed by atoms with Gasteiger partial charge < -0.3 is 5.32 Å². The van der Waals surface area contributed by atoms with Crippen LogP contribution in [0.2, 0.25) is 5.02 Å². The molecule has 0 aliphatic rings. The second kappa shape index (κ2) is 8.24. The van der Waals surface area contributed by atoms with Gasteiger partial charge in [-0.15, -0.1) is 10.2 Å². The van der Waals surface area contributed by atoms with Crippen LogP contribution in [0.15, 0.2) is 53.9 Å². The van der Waals surface area contributed by atoms with Gasteiger partial charge in [-0.1, -0.05) is 35.5 Å². The first kappa shape index (κ1) is 20.2. The Balaban J connectivity index is 1.66. The fourth-order valence-electron chi connectivity index (χ4n) is 2.33. The fourth-order valence-corrected chi connectivity index (χ4v) is 3.24. The van der Waals surface area contributed by atoms with Crippen molar-refractivity contribution >= 4 is 35.0 Å². The highest BCUT2D eigenvalue weighted by molar-refractivity contribution is 7.99. The Labute approximate surface area is 167 Å². The van der Waals surface area contributed by atoms with Gasteiger partial charge >= 0.3 is 6.18 Å². The van der Waals surface area contributed by atoms with Crippen LogP contribution in [0.1, 0.15) is 11.1 Å². The Bertz CT molecular complexity index is 1010. The molecule has 0 atom stereocenters. The van der Waals surface area contributed by atoms with Crippen molar-refractivity contribution < 1.29 is 18.0 Å². The van der Waals surface area contributed by atoms with E-state index in [-0.39, 0.29) is 11.4 Å². The number of carbonyl (C=O) groups is 1. The van der Waals surface area contributed by atoms with Crippen LogP contribution < -0.4 is 5.32 Å². The van der Waals surface area contributed by atoms with Crippen LogP contribution >= 0.6 is 23.4 Å². The van der Waals surface area contributed by atoms with E-state index in [0.29, 0.717) is 10.2 Å². The van der Waals surface area contributed by atoms with E-state index in [1.807, 2.05) is 19.1 Å². The summed E-state index contributed by atoms with van der Waals surface area (Å²) in [6.07, 6.45) is -2.98. The van der Waals surface area contributed by atoms with E-state index in [1.165, 1.54) is 18.5 Å². The van der Waals surface area contributed by atoms with Gasteiger partial charge in [-0.3, -0.25) is 9.36 Å². The first-order valence-corrected chi connectivity index (χ1v) is 9.37. The van der Waals surface area contributed by atoms with Gasteiger partial charge in [0.25, 0.3) is 0 Å². The van der Waals surface area contributed by atoms with Crippen LogP contribution in [0, 0.1) is 6.92 Å². The Hall–Kier alpha value is -2.52. The van der Waals surface area contributed by atoms with Crippen molar-refractivity contribution in [2.24, 2.45) is 0 Å². The molecule has 5 nitrogen and oxygen atoms in total. The van der Waals surface area contributed by atoms with Crippen molar-refractivity contribution in [3.63, 3.8) is 0 Å². The second-order valence-electron chi connectivity index (χ2n) is 5.83. The quantitative estimate of drug-likeness (QED) is 0.584. The van der Waals surface area contributed by atoms with Gasteiger partial charge in [-0.05, 0) is 42.8 Å². The van der Waals surface area contributed by atoms with Crippen molar-refractivity contribution in [2.45, 2.75) is 18.3 Å². The normalized spacial score (nSPS) is 11.5. The van der Waals surface area contributed by atoms with Crippen LogP contribution in [0.5, 0.6) is 0 Å². The van der Waals surface area contributed by atoms with E-state index in [4.69, 9.17) is 11.6 Å². The molecular formula is C18H14ClF3N4OS. The number of thioether (sulfide) groups is 1. The highest BCUT2D eigenvalue weighted by Crippen LogP contribution is 2.30. The van der Waals surface area contributed by atoms with Crippen LogP contribution in [-0.2, 0) is 11.0 Å². The lowest BCUT2D eigenvalue weighted by Crippen LogP contribution is -2.15. The third-order valence-corrected chi connectivity index (χ3v) is 5.11. The third-order valence-electron chi connectivity index (χ3n) is 3.76. The van der Waals surface area contributed by atoms with E-state index in [0.717, 1.165) is 35.1 Å². The summed E-state index contributed by atoms with van der Waals surface area (Å²) in [5, 5.41) is 11.3. The molecule has 1 N–H and O–H groups in total. The van der Waals surface area contributed by atoms with E-state index < -0.39 is 17.6 Å². The van der Waals surface area contributed by atoms with Gasteiger partial charge in [-0.25, -0.2) is 0 Å². The lowest BCUT2D eigenvalue weighted by molar-refractivity contribution is -0.137. The fraction of sp³-hybridized carbons (Fsp3) is 0.167. The summed E-state index contributed by atoms with van der Waals surface area (Å²) in [6, 6.07) is 9.92. The summed E-state index contributed by atoms with van der Waals surface area (Å²) < 4.78 is 39.9. The zero-order valence-corrected chi connectivity index (χ0v) is 16.1. The molecule has 0 aliphatic carbocycles. The van der Waals surface area contributed by atoms with Crippen molar-refractivity contribution in [3.8, 4) is 5.69 Å². The molecule has 1 amide bonds. The number of hydrogen-bond acceptors (Lipinski definition) is 4. The van der Waals surface area contributed by atoms with Gasteiger partial charge in [0.2, 0.25) is 5.91 Å². The number of nitrogens with one attached hydrogen (secondary N) is 1. The molecule has 0 saturated carbocycles. The maximum absolute atomic E-state index is 12.8. The van der Waals surface area contributed by atoms with Crippen molar-refractivity contribution in [1.29, 1.82) is 0 Å². The molecule has 28 heavy (non-hydrogen) atoms. The van der Waals surface area contributed by atoms with E-state index in [9.17, 15) is 18.0 Å². The number of benzene rings is 2. The number of anilines is 1. The number of halogens is 4. The highest BCUT2D eigenvalue weighted by atomic mass is 35.5. The van der Waals surface area contributed by atoms with Gasteiger partial charge in [0, 0.05) is 10.7 Å². The van der Waals surface area contributed by atoms with Gasteiger partial charge in [0.15, 0.2) is 5.16 Å². The zero-order valence-electron chi connectivity index (χ0n) is 14.5. The summed E-state index contributed by atoms with van der Waals surface area (Å²) in [5.74, 6) is -0.505. The number of carbonyl (C=O) groups excluding carboxylic acids is 1. The average molecular weight is 427 g/mol. The molecular weight excluding hydrogens is 413 g/mol. The second-order valence-corrected chi connectivity index (χ2v) is 7.18. The summed E-state index contributed by atoms with van der Waals surface area (Å²) in [5.41, 5.74) is 0.913. The van der Waals surface area contributed by atoms with Gasteiger partial charge in [0.05, 0.1) is 17.0 Å². The standard InChI is InChI=1S/C18H14ClF3N4OS/c1-11-5-6-14(8-15(11)19)26-10-23-25-17(26)28-9-16(27)24-13-4-2-3-12(7-13)18(20,21)22/h2-8,10H,9H2,1H3,(H,24,27). The molecule has 0 bridgehead atoms. The predicted octanol–water partition coefficient (Wildman–Crippen LogP) is 4.98. The molecule has 0 aliphatic heterocycles. The van der Waals surface area contributed by atoms with Gasteiger partial charge in [0.1, 0.15) is 6.33 Å². The molecule has 3 rings (SSSR count). The number of amides is 1. The summed E-state index contributed by atoms with van der Waals surface area (Å²) in [4.78, 5) is 12.1. The SMILES string of the molecule is Cc1ccc(-n2cnnc2SCC(=O)Nc2cccc(C(F)(F)F)c2)cc1Cl. The summed E-state index contributed by atoms with van der Waals surface area (Å²) in [7, 11) is 0. The number of nitrogens with zero attached hydrogens (tertiary/aromatic N) is 3. The Morgan fingerprint density at radius 2 is 2.04 bits per heavy atom. The molecule has 0 saturated heterocycles. The minimum atomic E-state index is -4.47. The average Bonchev–Trinajstić information content (AvgIpc) is 3.10. The van der Waals surface area contributed by atoms with Crippen LogP contribution in [0.3, 0.4) is 0 Å². The summed E-state index contributed by atoms with van der Waals surface area (Å²) in [6.45, 7) is 1.88. The largest absolute Gasteiger partial charge is 0.416 e. The lowest BCUT2D eigenvalue weighted by Gasteiger charge is -2.10. The Kier molecular flexibility index (Phi) is 5.95. The molecule has 1 heterocycles. The number of hydrogen-bond donors (Lipinski definition) is 1. The first-order valence-electron chi connectivity index (χ1n) is 8.00. The Morgan fingerprint density at radius 1 is 1.25 bits per heavy atom. The van der Waals surface area contributed by atoms with E-state index in [2.05, 4.69) is 15.5 Å². The minimum Gasteiger partial charge on any atom is -0.325 e. The maximum Gasteiger partial charge on any atom is 0.416 e. The number of alkyl halides is 3. The molecule has 2 aromatic carbocycles. The number of rotatable bonds is 5. The van der Waals surface area contributed by atoms with Crippen LogP contribution in [0.25, 0.3) is 5.69 Å². The molecule has 0 unspecified atom stereocenters. The van der Waals surface area contributed by atoms with Crippen LogP contribution in [0.4, 0.5) is 18.9 Å². The van der Waals surface area contributed by atoms with Crippen molar-refractivity contribution in [1.82, 2.24) is 14.8 Å². The van der Waals surface area contributed by atoms with E-state index in [1.54, 1.807) is 10.6 Å². The number of aromatic nitrogens is 3. The smallest absolute Gasteiger partial charge is 0.325 e. The molecule has 0 fully saturated rings. The predicted molar refractivity (Wildman–Crippen MR) is 102 cm³/mol. The molecule has 146 valence electrons. The molecule has 3 aromatic rings. The molecule has 0 radical (unpaired) electrons. The van der Waals surface area contributed by atoms with Gasteiger partial charge in [-0.2, -0.15) is 13.2 Å². The van der Waals surface area contributed by atoms with Crippen molar-refractivity contribution in [3.05, 3.63) is 64.9 Å². The van der Waals surface area contributed by atoms with Crippen LogP contribution in [-0.4, -0.2) is 26.4 Å². The molecule has 0 spiro atoms. The van der Waals surface area contributed by atoms with Crippen molar-refractivity contribution in [2.75, 3.05) is 11.1 Å². The topological polar surface area (TPSA) is 59.8 Å². The third kappa shape index (κ3) is 4.85. The number of aryl methyl sites for hydroxylation is 1. The lowest BCUT2D eigenvalue weighted by atomic mass is 10.2. The Morgan fingerprint density at radius 3 is 2.75 bits per heavy atom. The monoisotopic (exact) mass is 426 g/mol. The van der Waals surface area contributed by atoms with E-state index >= 15 is 0 Å².